The number of carbonyl (C=O) groups excluding carboxylic acids is 6. The first kappa shape index (κ1) is 67.3. The zero-order valence-electron chi connectivity index (χ0n) is 51.3. The third-order valence-electron chi connectivity index (χ3n) is 15.6. The normalized spacial score (nSPS) is 18.2. The van der Waals surface area contributed by atoms with Crippen LogP contribution in [0.1, 0.15) is 148 Å². The summed E-state index contributed by atoms with van der Waals surface area (Å²) in [6.07, 6.45) is -1.52. The Morgan fingerprint density at radius 2 is 1.37 bits per heavy atom. The molecule has 7 aromatic heterocycles. The smallest absolute Gasteiger partial charge is 0.416 e. The number of aliphatic hydroxyl groups is 1. The lowest BCUT2D eigenvalue weighted by atomic mass is 9.87. The lowest BCUT2D eigenvalue weighted by molar-refractivity contribution is -0.143. The van der Waals surface area contributed by atoms with E-state index < -0.39 is 90.4 Å². The van der Waals surface area contributed by atoms with Crippen molar-refractivity contribution in [3.05, 3.63) is 147 Å². The molecule has 6 amide bonds. The fourth-order valence-corrected chi connectivity index (χ4v) is 16.1. The second-order valence-corrected chi connectivity index (χ2v) is 28.2. The van der Waals surface area contributed by atoms with Gasteiger partial charge in [-0.2, -0.15) is 0 Å². The maximum atomic E-state index is 14.5. The highest BCUT2D eigenvalue weighted by molar-refractivity contribution is 7.15. The van der Waals surface area contributed by atoms with Crippen LogP contribution < -0.4 is 31.5 Å². The first-order chi connectivity index (χ1) is 45.7. The van der Waals surface area contributed by atoms with E-state index in [0.717, 1.165) is 45.3 Å². The highest BCUT2D eigenvalue weighted by Gasteiger charge is 2.35. The minimum absolute atomic E-state index is 0.0152. The number of pyridine rings is 1. The van der Waals surface area contributed by atoms with E-state index in [0.29, 0.717) is 99.9 Å². The average molecular weight is 1400 g/mol. The van der Waals surface area contributed by atoms with Gasteiger partial charge in [0.1, 0.15) is 88.3 Å². The summed E-state index contributed by atoms with van der Waals surface area (Å²) in [6.45, 7) is 4.81. The quantitative estimate of drug-likeness (QED) is 0.0502. The number of thiazole rings is 6. The molecule has 26 nitrogen and oxygen atoms in total. The molecule has 95 heavy (non-hydrogen) atoms. The Morgan fingerprint density at radius 1 is 0.674 bits per heavy atom. The fraction of sp³-hybridized carbons (Fsp3) is 0.317. The van der Waals surface area contributed by atoms with Crippen LogP contribution in [0.5, 0.6) is 0 Å². The third kappa shape index (κ3) is 15.5. The number of methoxy groups -OCH3 is 1. The van der Waals surface area contributed by atoms with Crippen molar-refractivity contribution in [1.82, 2.24) is 61.5 Å². The van der Waals surface area contributed by atoms with Crippen LogP contribution in [0, 0.1) is 18.8 Å². The van der Waals surface area contributed by atoms with Gasteiger partial charge in [0.05, 0.1) is 60.3 Å². The zero-order valence-corrected chi connectivity index (χ0v) is 56.2. The van der Waals surface area contributed by atoms with Crippen molar-refractivity contribution in [2.24, 2.45) is 11.8 Å². The van der Waals surface area contributed by atoms with Gasteiger partial charge in [0.25, 0.3) is 17.7 Å². The number of nitrogens with zero attached hydrogens (tertiary/aromatic N) is 8. The number of carboxylic acid groups (broad SMARTS) is 2. The molecule has 1 fully saturated rings. The minimum Gasteiger partial charge on any atom is -0.481 e. The number of hydrogen-bond acceptors (Lipinski definition) is 24. The standard InChI is InChI=1S/C63H61N13O13S6/c1-29(2)46-60-75-49(42(95-60)24-88-5)53(81)65-22-45(78)72-50(51(79)32-9-7-6-8-10-32)59-70-41(27-92-59)57-68-39(25-91-57)48-36(55-69-40(26-90-55)52(80)67-38(21-44(77)64-4)58-74-47(30(3)94-58)54(82)73-46)19-20-37(66-48)56-71-43(28-93-56)76(23-31-11-13-33(14-12-31)61(83)84)63(87)89-35-17-15-34(16-18-35)62(85)86/h6-14,19-20,25-29,34-35,38,46,50-51,79H,15-18,21-24H2,1-5H3,(H,64,77)(H,65,81)(H,67,80)(H,72,78)(H,73,82)(H,83,84)(H,85,86)/t34?,35?,38-,46?,50-,51-/m0/s1. The number of amides is 6. The molecule has 1 unspecified atom stereocenters. The van der Waals surface area contributed by atoms with Gasteiger partial charge in [-0.15, -0.1) is 68.0 Å². The highest BCUT2D eigenvalue weighted by atomic mass is 32.1. The number of rotatable bonds is 14. The molecule has 1 saturated carbocycles. The first-order valence-corrected chi connectivity index (χ1v) is 34.8. The number of carboxylic acids is 2. The van der Waals surface area contributed by atoms with Gasteiger partial charge < -0.3 is 51.4 Å². The number of aliphatic hydroxyl groups excluding tert-OH is 1. The van der Waals surface area contributed by atoms with Crippen molar-refractivity contribution < 1.29 is 63.1 Å². The molecule has 10 bridgehead atoms. The van der Waals surface area contributed by atoms with E-state index in [9.17, 15) is 53.7 Å². The number of ether oxygens (including phenoxy) is 2. The van der Waals surface area contributed by atoms with Crippen LogP contribution in [0.4, 0.5) is 10.6 Å². The minimum atomic E-state index is -1.31. The predicted molar refractivity (Wildman–Crippen MR) is 356 cm³/mol. The third-order valence-corrected chi connectivity index (χ3v) is 21.3. The second-order valence-electron chi connectivity index (χ2n) is 22.4. The topological polar surface area (TPSA) is 369 Å². The Balaban J connectivity index is 0.980. The van der Waals surface area contributed by atoms with E-state index in [1.165, 1.54) is 53.9 Å². The SMILES string of the molecule is CNC(=O)C[C@@H]1NC(=O)c2csc(n2)-c2ccc(-c3nc(N(Cc4ccc(C(=O)O)cc4)C(=O)OC4CCC(C(=O)O)CC4)cs3)nc2-c2csc(n2)-c2csc(n2)[C@H]([C@@H](O)c2ccccc2)NC(=O)CNC(=O)c2nc(sc2COC)C(C(C)C)NC(=O)c2nc1sc2C. The van der Waals surface area contributed by atoms with Crippen molar-refractivity contribution in [3.63, 3.8) is 0 Å². The van der Waals surface area contributed by atoms with E-state index in [2.05, 4.69) is 26.6 Å². The average Bonchev–Trinajstić information content (AvgIpc) is 1.72. The number of anilines is 1. The Morgan fingerprint density at radius 3 is 2.08 bits per heavy atom. The maximum absolute atomic E-state index is 14.5. The summed E-state index contributed by atoms with van der Waals surface area (Å²) in [5.41, 5.74) is 2.91. The number of aliphatic carboxylic acids is 1. The summed E-state index contributed by atoms with van der Waals surface area (Å²) in [5.74, 6) is -5.67. The van der Waals surface area contributed by atoms with Crippen LogP contribution in [-0.2, 0) is 37.0 Å². The number of aromatic nitrogens is 7. The number of nitrogens with one attached hydrogen (secondary N) is 5. The van der Waals surface area contributed by atoms with Crippen LogP contribution in [0.25, 0.3) is 43.4 Å². The van der Waals surface area contributed by atoms with Gasteiger partial charge in [-0.25, -0.2) is 44.5 Å². The van der Waals surface area contributed by atoms with Gasteiger partial charge >= 0.3 is 18.0 Å². The van der Waals surface area contributed by atoms with Crippen LogP contribution in [0.3, 0.4) is 0 Å². The number of aryl methyl sites for hydroxylation is 1. The summed E-state index contributed by atoms with van der Waals surface area (Å²) in [5, 5.41) is 54.1. The lowest BCUT2D eigenvalue weighted by Gasteiger charge is -2.28. The molecular weight excluding hydrogens is 1340 g/mol. The Bertz CT molecular complexity index is 4350. The monoisotopic (exact) mass is 1400 g/mol. The van der Waals surface area contributed by atoms with E-state index >= 15 is 0 Å². The van der Waals surface area contributed by atoms with Crippen molar-refractivity contribution in [1.29, 1.82) is 0 Å². The van der Waals surface area contributed by atoms with Crippen molar-refractivity contribution in [3.8, 4) is 43.4 Å². The van der Waals surface area contributed by atoms with Gasteiger partial charge in [0, 0.05) is 46.1 Å². The lowest BCUT2D eigenvalue weighted by Crippen LogP contribution is -2.40. The van der Waals surface area contributed by atoms with Gasteiger partial charge in [0.2, 0.25) is 11.8 Å². The molecule has 11 rings (SSSR count). The summed E-state index contributed by atoms with van der Waals surface area (Å²) < 4.78 is 11.5. The Hall–Kier alpha value is -9.15. The molecule has 9 aromatic rings. The van der Waals surface area contributed by atoms with Gasteiger partial charge in [0.15, 0.2) is 0 Å². The van der Waals surface area contributed by atoms with Crippen molar-refractivity contribution in [2.45, 2.75) is 96.4 Å². The fourth-order valence-electron chi connectivity index (χ4n) is 10.5. The summed E-state index contributed by atoms with van der Waals surface area (Å²) in [6, 6.07) is 15.3. The highest BCUT2D eigenvalue weighted by Crippen LogP contribution is 2.41. The molecule has 8 heterocycles. The largest absolute Gasteiger partial charge is 0.481 e. The molecule has 32 heteroatoms. The maximum Gasteiger partial charge on any atom is 0.416 e. The first-order valence-electron chi connectivity index (χ1n) is 29.7. The number of aromatic carboxylic acids is 1. The predicted octanol–water partition coefficient (Wildman–Crippen LogP) is 9.80. The summed E-state index contributed by atoms with van der Waals surface area (Å²) >= 11 is 6.98. The molecule has 1 aliphatic heterocycles. The molecule has 2 aliphatic rings. The molecular formula is C63H61N13O13S6. The van der Waals surface area contributed by atoms with Crippen LogP contribution in [0.15, 0.2) is 88.3 Å². The number of carbonyl (C=O) groups is 8. The van der Waals surface area contributed by atoms with E-state index in [1.54, 1.807) is 83.0 Å². The number of fused-ring (bicyclic) bond motifs is 14. The van der Waals surface area contributed by atoms with E-state index in [4.69, 9.17) is 44.4 Å². The van der Waals surface area contributed by atoms with Crippen molar-refractivity contribution >= 4 is 121 Å². The molecule has 0 radical (unpaired) electrons. The molecule has 2 aromatic carbocycles. The zero-order chi connectivity index (χ0) is 67.2. The van der Waals surface area contributed by atoms with Gasteiger partial charge in [-0.05, 0) is 73.9 Å². The molecule has 492 valence electrons. The van der Waals surface area contributed by atoms with Gasteiger partial charge in [-0.3, -0.25) is 33.7 Å². The van der Waals surface area contributed by atoms with Gasteiger partial charge in [-0.1, -0.05) is 56.3 Å². The molecule has 1 aliphatic carbocycles. The summed E-state index contributed by atoms with van der Waals surface area (Å²) in [7, 11) is 2.92. The second kappa shape index (κ2) is 29.6. The van der Waals surface area contributed by atoms with E-state index in [-0.39, 0.29) is 59.0 Å². The van der Waals surface area contributed by atoms with Crippen molar-refractivity contribution in [2.75, 3.05) is 25.6 Å². The number of benzene rings is 2. The van der Waals surface area contributed by atoms with Crippen LogP contribution >= 0.6 is 68.0 Å². The number of hydrogen-bond donors (Lipinski definition) is 8. The Kier molecular flexibility index (Phi) is 21.0. The molecule has 0 saturated heterocycles. The molecule has 8 N–H and O–H groups in total. The van der Waals surface area contributed by atoms with E-state index in [1.807, 2.05) is 13.8 Å². The van der Waals surface area contributed by atoms with Crippen LogP contribution in [-0.4, -0.2) is 125 Å². The molecule has 4 atom stereocenters. The van der Waals surface area contributed by atoms with Crippen LogP contribution in [0.2, 0.25) is 0 Å². The summed E-state index contributed by atoms with van der Waals surface area (Å²) in [4.78, 5) is 144. The molecule has 0 spiro atoms. The Labute approximate surface area is 566 Å².